The van der Waals surface area contributed by atoms with Crippen LogP contribution < -0.4 is 11.1 Å². The highest BCUT2D eigenvalue weighted by molar-refractivity contribution is 5.67. The predicted octanol–water partition coefficient (Wildman–Crippen LogP) is 0.0947. The fourth-order valence-corrected chi connectivity index (χ4v) is 0.785. The average Bonchev–Trinajstić information content (AvgIpc) is 2.02. The van der Waals surface area contributed by atoms with E-state index in [1.807, 2.05) is 0 Å². The number of ether oxygens (including phenoxy) is 2. The van der Waals surface area contributed by atoms with Crippen molar-refractivity contribution in [3.8, 4) is 0 Å². The van der Waals surface area contributed by atoms with E-state index in [1.165, 1.54) is 0 Å². The van der Waals surface area contributed by atoms with Crippen LogP contribution in [0.25, 0.3) is 0 Å². The lowest BCUT2D eigenvalue weighted by Gasteiger charge is -2.16. The van der Waals surface area contributed by atoms with Gasteiger partial charge >= 0.3 is 6.09 Å². The van der Waals surface area contributed by atoms with Crippen LogP contribution in [0.3, 0.4) is 0 Å². The monoisotopic (exact) mass is 190 g/mol. The minimum absolute atomic E-state index is 0.124. The molecule has 1 unspecified atom stereocenters. The summed E-state index contributed by atoms with van der Waals surface area (Å²) >= 11 is 0. The summed E-state index contributed by atoms with van der Waals surface area (Å²) in [5, 5.41) is 2.59. The molecule has 0 rings (SSSR count). The Bertz CT molecular complexity index is 150. The van der Waals surface area contributed by atoms with Crippen LogP contribution in [0.1, 0.15) is 13.8 Å². The molecule has 0 bridgehead atoms. The number of carbonyl (C=O) groups excluding carboxylic acids is 1. The van der Waals surface area contributed by atoms with Crippen LogP contribution in [0.4, 0.5) is 4.79 Å². The fraction of sp³-hybridized carbons (Fsp3) is 0.875. The maximum Gasteiger partial charge on any atom is 0.407 e. The molecular formula is C8H18N2O3. The number of hydrogen-bond acceptors (Lipinski definition) is 4. The lowest BCUT2D eigenvalue weighted by Crippen LogP contribution is -2.44. The van der Waals surface area contributed by atoms with E-state index < -0.39 is 6.09 Å². The normalized spacial score (nSPS) is 12.7. The Morgan fingerprint density at radius 3 is 2.54 bits per heavy atom. The molecule has 78 valence electrons. The lowest BCUT2D eigenvalue weighted by atomic mass is 10.3. The Labute approximate surface area is 78.6 Å². The van der Waals surface area contributed by atoms with Crippen molar-refractivity contribution in [1.29, 1.82) is 0 Å². The van der Waals surface area contributed by atoms with Gasteiger partial charge < -0.3 is 20.5 Å². The lowest BCUT2D eigenvalue weighted by molar-refractivity contribution is 0.103. The summed E-state index contributed by atoms with van der Waals surface area (Å²) in [6.07, 6.45) is -0.580. The van der Waals surface area contributed by atoms with Crippen LogP contribution in [-0.4, -0.2) is 38.5 Å². The van der Waals surface area contributed by atoms with Gasteiger partial charge in [-0.1, -0.05) is 0 Å². The Hall–Kier alpha value is -0.810. The summed E-state index contributed by atoms with van der Waals surface area (Å²) in [4.78, 5) is 11.1. The van der Waals surface area contributed by atoms with Crippen molar-refractivity contribution in [2.24, 2.45) is 5.73 Å². The van der Waals surface area contributed by atoms with Crippen LogP contribution in [0, 0.1) is 0 Å². The second-order valence-electron chi connectivity index (χ2n) is 2.99. The van der Waals surface area contributed by atoms with E-state index in [0.29, 0.717) is 13.2 Å². The number of methoxy groups -OCH3 is 1. The first-order chi connectivity index (χ1) is 6.10. The molecule has 0 aromatic carbocycles. The van der Waals surface area contributed by atoms with E-state index in [1.54, 1.807) is 21.0 Å². The quantitative estimate of drug-likeness (QED) is 0.644. The molecule has 0 aliphatic rings. The first-order valence-corrected chi connectivity index (χ1v) is 4.26. The zero-order valence-corrected chi connectivity index (χ0v) is 8.37. The van der Waals surface area contributed by atoms with E-state index in [2.05, 4.69) is 5.32 Å². The number of alkyl carbamates (subject to hydrolysis) is 1. The number of carbonyl (C=O) groups is 1. The van der Waals surface area contributed by atoms with Crippen LogP contribution in [0.5, 0.6) is 0 Å². The van der Waals surface area contributed by atoms with Crippen LogP contribution >= 0.6 is 0 Å². The highest BCUT2D eigenvalue weighted by Crippen LogP contribution is 1.90. The molecule has 0 aliphatic heterocycles. The molecule has 1 amide bonds. The number of amides is 1. The molecule has 5 nitrogen and oxygen atoms in total. The molecule has 0 radical (unpaired) electrons. The largest absolute Gasteiger partial charge is 0.447 e. The summed E-state index contributed by atoms with van der Waals surface area (Å²) in [5.74, 6) is 0. The first-order valence-electron chi connectivity index (χ1n) is 4.26. The molecule has 0 heterocycles. The third-order valence-corrected chi connectivity index (χ3v) is 1.32. The summed E-state index contributed by atoms with van der Waals surface area (Å²) in [6.45, 7) is 4.30. The molecular weight excluding hydrogens is 172 g/mol. The van der Waals surface area contributed by atoms with Gasteiger partial charge in [0.05, 0.1) is 18.8 Å². The molecule has 0 saturated heterocycles. The van der Waals surface area contributed by atoms with Crippen molar-refractivity contribution in [3.63, 3.8) is 0 Å². The van der Waals surface area contributed by atoms with Gasteiger partial charge in [-0.05, 0) is 13.8 Å². The highest BCUT2D eigenvalue weighted by Gasteiger charge is 2.11. The Balaban J connectivity index is 3.73. The SMILES string of the molecule is COCC(CN)NC(=O)OC(C)C. The van der Waals surface area contributed by atoms with E-state index in [4.69, 9.17) is 15.2 Å². The van der Waals surface area contributed by atoms with Crippen molar-refractivity contribution in [3.05, 3.63) is 0 Å². The smallest absolute Gasteiger partial charge is 0.407 e. The zero-order valence-electron chi connectivity index (χ0n) is 8.37. The fourth-order valence-electron chi connectivity index (χ4n) is 0.785. The summed E-state index contributed by atoms with van der Waals surface area (Å²) < 4.78 is 9.72. The van der Waals surface area contributed by atoms with Crippen molar-refractivity contribution in [2.45, 2.75) is 26.0 Å². The van der Waals surface area contributed by atoms with Gasteiger partial charge in [0.25, 0.3) is 0 Å². The zero-order chi connectivity index (χ0) is 10.3. The van der Waals surface area contributed by atoms with E-state index in [0.717, 1.165) is 0 Å². The van der Waals surface area contributed by atoms with Crippen molar-refractivity contribution in [1.82, 2.24) is 5.32 Å². The standard InChI is InChI=1S/C8H18N2O3/c1-6(2)13-8(11)10-7(4-9)5-12-3/h6-7H,4-5,9H2,1-3H3,(H,10,11). The second-order valence-corrected chi connectivity index (χ2v) is 2.99. The Kier molecular flexibility index (Phi) is 6.26. The maximum atomic E-state index is 11.1. The summed E-state index contributed by atoms with van der Waals surface area (Å²) in [5.41, 5.74) is 5.39. The van der Waals surface area contributed by atoms with Gasteiger partial charge in [0.2, 0.25) is 0 Å². The molecule has 0 aromatic rings. The van der Waals surface area contributed by atoms with Crippen LogP contribution in [0.15, 0.2) is 0 Å². The summed E-state index contributed by atoms with van der Waals surface area (Å²) in [6, 6.07) is -0.184. The molecule has 3 N–H and O–H groups in total. The molecule has 0 aliphatic carbocycles. The molecule has 1 atom stereocenters. The highest BCUT2D eigenvalue weighted by atomic mass is 16.6. The summed E-state index contributed by atoms with van der Waals surface area (Å²) in [7, 11) is 1.55. The topological polar surface area (TPSA) is 73.6 Å². The van der Waals surface area contributed by atoms with Crippen LogP contribution in [-0.2, 0) is 9.47 Å². The average molecular weight is 190 g/mol. The third kappa shape index (κ3) is 6.36. The van der Waals surface area contributed by atoms with Gasteiger partial charge in [-0.2, -0.15) is 0 Å². The van der Waals surface area contributed by atoms with Gasteiger partial charge in [-0.25, -0.2) is 4.79 Å². The molecule has 13 heavy (non-hydrogen) atoms. The van der Waals surface area contributed by atoms with Gasteiger partial charge in [-0.15, -0.1) is 0 Å². The minimum Gasteiger partial charge on any atom is -0.447 e. The van der Waals surface area contributed by atoms with Gasteiger partial charge in [0, 0.05) is 13.7 Å². The third-order valence-electron chi connectivity index (χ3n) is 1.32. The molecule has 5 heteroatoms. The Morgan fingerprint density at radius 2 is 2.15 bits per heavy atom. The van der Waals surface area contributed by atoms with Gasteiger partial charge in [0.15, 0.2) is 0 Å². The molecule has 0 spiro atoms. The number of hydrogen-bond donors (Lipinski definition) is 2. The molecule has 0 aromatic heterocycles. The predicted molar refractivity (Wildman–Crippen MR) is 49.5 cm³/mol. The first kappa shape index (κ1) is 12.2. The van der Waals surface area contributed by atoms with E-state index in [-0.39, 0.29) is 12.1 Å². The number of rotatable bonds is 5. The maximum absolute atomic E-state index is 11.1. The molecule has 0 fully saturated rings. The minimum atomic E-state index is -0.456. The van der Waals surface area contributed by atoms with E-state index in [9.17, 15) is 4.79 Å². The Morgan fingerprint density at radius 1 is 1.54 bits per heavy atom. The van der Waals surface area contributed by atoms with Crippen molar-refractivity contribution < 1.29 is 14.3 Å². The van der Waals surface area contributed by atoms with E-state index >= 15 is 0 Å². The second kappa shape index (κ2) is 6.68. The van der Waals surface area contributed by atoms with Crippen molar-refractivity contribution >= 4 is 6.09 Å². The van der Waals surface area contributed by atoms with Gasteiger partial charge in [0.1, 0.15) is 0 Å². The van der Waals surface area contributed by atoms with Crippen LogP contribution in [0.2, 0.25) is 0 Å². The van der Waals surface area contributed by atoms with Gasteiger partial charge in [-0.3, -0.25) is 0 Å². The number of nitrogens with one attached hydrogen (secondary N) is 1. The number of nitrogens with two attached hydrogens (primary N) is 1. The molecule has 0 saturated carbocycles. The van der Waals surface area contributed by atoms with Crippen molar-refractivity contribution in [2.75, 3.05) is 20.3 Å².